The van der Waals surface area contributed by atoms with Gasteiger partial charge < -0.3 is 18.7 Å². The van der Waals surface area contributed by atoms with Crippen LogP contribution in [-0.4, -0.2) is 49.6 Å². The van der Waals surface area contributed by atoms with Crippen molar-refractivity contribution in [3.63, 3.8) is 0 Å². The summed E-state index contributed by atoms with van der Waals surface area (Å²) in [6.45, 7) is 10.4. The van der Waals surface area contributed by atoms with Gasteiger partial charge in [-0.1, -0.05) is 20.8 Å². The monoisotopic (exact) mass is 370 g/mol. The minimum atomic E-state index is -2.20. The molecule has 1 aromatic rings. The number of ether oxygens (including phenoxy) is 2. The number of nitrogens with one attached hydrogen (secondary N) is 1. The van der Waals surface area contributed by atoms with Gasteiger partial charge in [-0.25, -0.2) is 4.79 Å². The van der Waals surface area contributed by atoms with Crippen LogP contribution >= 0.6 is 0 Å². The summed E-state index contributed by atoms with van der Waals surface area (Å²) in [5.74, 6) is 0. The van der Waals surface area contributed by atoms with Crippen LogP contribution in [0.15, 0.2) is 21.9 Å². The van der Waals surface area contributed by atoms with E-state index in [1.165, 1.54) is 23.9 Å². The maximum atomic E-state index is 12.1. The molecular formula is C16H26N2O6Si. The van der Waals surface area contributed by atoms with E-state index in [0.29, 0.717) is 6.29 Å². The summed E-state index contributed by atoms with van der Waals surface area (Å²) in [5, 5.41) is -0.0639. The maximum Gasteiger partial charge on any atom is 0.330 e. The van der Waals surface area contributed by atoms with Crippen LogP contribution in [0.2, 0.25) is 18.1 Å². The Balaban J connectivity index is 2.39. The Labute approximate surface area is 147 Å². The summed E-state index contributed by atoms with van der Waals surface area (Å²) >= 11 is 0. The lowest BCUT2D eigenvalue weighted by molar-refractivity contribution is -0.122. The second kappa shape index (κ2) is 6.98. The van der Waals surface area contributed by atoms with Crippen molar-refractivity contribution in [2.45, 2.75) is 63.4 Å². The Hall–Kier alpha value is -1.55. The number of carbonyl (C=O) groups is 1. The molecule has 1 aliphatic rings. The molecule has 0 saturated carbocycles. The van der Waals surface area contributed by atoms with E-state index in [2.05, 4.69) is 38.8 Å². The molecule has 0 spiro atoms. The van der Waals surface area contributed by atoms with Gasteiger partial charge in [0.2, 0.25) is 0 Å². The number of H-pyrrole nitrogens is 1. The third-order valence-electron chi connectivity index (χ3n) is 4.99. The molecule has 0 aliphatic carbocycles. The van der Waals surface area contributed by atoms with Crippen LogP contribution in [0.1, 0.15) is 27.0 Å². The Morgan fingerprint density at radius 3 is 2.40 bits per heavy atom. The standard InChI is InChI=1S/C16H26N2O6Si/c1-16(2,3)25(5,6)24-12-10(9-19)23-14(13(12)22-4)18-8-7-11(20)17-15(18)21/h7-10,12-14H,1-6H3,(H,17,20,21)/t10-,12?,13-,14-/m1/s1. The first kappa shape index (κ1) is 19.8. The number of hydrogen-bond donors (Lipinski definition) is 1. The summed E-state index contributed by atoms with van der Waals surface area (Å²) in [5.41, 5.74) is -1.13. The zero-order valence-electron chi connectivity index (χ0n) is 15.4. The fourth-order valence-corrected chi connectivity index (χ4v) is 3.83. The predicted molar refractivity (Wildman–Crippen MR) is 94.2 cm³/mol. The van der Waals surface area contributed by atoms with Gasteiger partial charge in [0.15, 0.2) is 20.8 Å². The number of nitrogens with zero attached hydrogens (tertiary/aromatic N) is 1. The van der Waals surface area contributed by atoms with Crippen molar-refractivity contribution < 1.29 is 18.7 Å². The number of methoxy groups -OCH3 is 1. The number of aromatic amines is 1. The fraction of sp³-hybridized carbons (Fsp3) is 0.688. The second-order valence-corrected chi connectivity index (χ2v) is 12.4. The molecule has 0 amide bonds. The van der Waals surface area contributed by atoms with E-state index in [9.17, 15) is 14.4 Å². The minimum Gasteiger partial charge on any atom is -0.408 e. The van der Waals surface area contributed by atoms with E-state index in [4.69, 9.17) is 13.9 Å². The van der Waals surface area contributed by atoms with Crippen LogP contribution in [0.3, 0.4) is 0 Å². The normalized spacial score (nSPS) is 27.4. The summed E-state index contributed by atoms with van der Waals surface area (Å²) in [6, 6.07) is 1.22. The van der Waals surface area contributed by atoms with Gasteiger partial charge in [-0.3, -0.25) is 14.3 Å². The van der Waals surface area contributed by atoms with E-state index in [-0.39, 0.29) is 5.04 Å². The molecule has 4 atom stereocenters. The van der Waals surface area contributed by atoms with E-state index in [0.717, 1.165) is 0 Å². The summed E-state index contributed by atoms with van der Waals surface area (Å²) in [4.78, 5) is 37.1. The molecule has 0 radical (unpaired) electrons. The van der Waals surface area contributed by atoms with Crippen molar-refractivity contribution >= 4 is 14.6 Å². The summed E-state index contributed by atoms with van der Waals surface area (Å²) < 4.78 is 18.8. The highest BCUT2D eigenvalue weighted by Gasteiger charge is 2.51. The molecule has 1 aliphatic heterocycles. The van der Waals surface area contributed by atoms with Gasteiger partial charge in [0, 0.05) is 19.4 Å². The van der Waals surface area contributed by atoms with Crippen LogP contribution in [0.4, 0.5) is 0 Å². The largest absolute Gasteiger partial charge is 0.408 e. The topological polar surface area (TPSA) is 99.6 Å². The lowest BCUT2D eigenvalue weighted by atomic mass is 10.1. The van der Waals surface area contributed by atoms with Crippen LogP contribution in [-0.2, 0) is 18.7 Å². The van der Waals surface area contributed by atoms with E-state index in [1.807, 2.05) is 0 Å². The lowest BCUT2D eigenvalue weighted by Gasteiger charge is -2.39. The van der Waals surface area contributed by atoms with Gasteiger partial charge in [0.1, 0.15) is 18.3 Å². The van der Waals surface area contributed by atoms with Gasteiger partial charge in [-0.15, -0.1) is 0 Å². The van der Waals surface area contributed by atoms with Crippen molar-refractivity contribution in [1.82, 2.24) is 9.55 Å². The molecule has 8 nitrogen and oxygen atoms in total. The second-order valence-electron chi connectivity index (χ2n) is 7.69. The SMILES string of the molecule is CO[C@@H]1C(O[Si](C)(C)C(C)(C)C)[C@@H](C=O)O[C@H]1n1ccc(=O)[nH]c1=O. The van der Waals surface area contributed by atoms with E-state index >= 15 is 0 Å². The average molecular weight is 370 g/mol. The molecule has 2 heterocycles. The molecule has 9 heteroatoms. The highest BCUT2D eigenvalue weighted by Crippen LogP contribution is 2.41. The van der Waals surface area contributed by atoms with Crippen LogP contribution in [0.5, 0.6) is 0 Å². The lowest BCUT2D eigenvalue weighted by Crippen LogP contribution is -2.50. The third-order valence-corrected chi connectivity index (χ3v) is 9.47. The van der Waals surface area contributed by atoms with Gasteiger partial charge in [0.05, 0.1) is 0 Å². The molecule has 2 rings (SSSR count). The smallest absolute Gasteiger partial charge is 0.330 e. The van der Waals surface area contributed by atoms with Gasteiger partial charge in [0.25, 0.3) is 5.56 Å². The molecule has 1 aromatic heterocycles. The predicted octanol–water partition coefficient (Wildman–Crippen LogP) is 1.04. The Morgan fingerprint density at radius 2 is 1.92 bits per heavy atom. The van der Waals surface area contributed by atoms with Gasteiger partial charge in [-0.2, -0.15) is 0 Å². The van der Waals surface area contributed by atoms with Crippen molar-refractivity contribution in [3.05, 3.63) is 33.1 Å². The Kier molecular flexibility index (Phi) is 5.52. The zero-order chi connectivity index (χ0) is 19.0. The van der Waals surface area contributed by atoms with Crippen LogP contribution < -0.4 is 11.2 Å². The van der Waals surface area contributed by atoms with Gasteiger partial charge in [-0.05, 0) is 18.1 Å². The van der Waals surface area contributed by atoms with Crippen molar-refractivity contribution in [2.24, 2.45) is 0 Å². The number of rotatable bonds is 5. The highest BCUT2D eigenvalue weighted by atomic mass is 28.4. The summed E-state index contributed by atoms with van der Waals surface area (Å²) in [6.07, 6.45) is -1.02. The molecule has 1 fully saturated rings. The van der Waals surface area contributed by atoms with Crippen LogP contribution in [0.25, 0.3) is 0 Å². The maximum absolute atomic E-state index is 12.1. The van der Waals surface area contributed by atoms with E-state index < -0.39 is 44.1 Å². The fourth-order valence-electron chi connectivity index (χ4n) is 2.53. The number of aldehydes is 1. The average Bonchev–Trinajstić information content (AvgIpc) is 2.82. The minimum absolute atomic E-state index is 0.0639. The number of carbonyl (C=O) groups excluding carboxylic acids is 1. The molecule has 0 bridgehead atoms. The zero-order valence-corrected chi connectivity index (χ0v) is 16.4. The molecule has 0 aromatic carbocycles. The van der Waals surface area contributed by atoms with Gasteiger partial charge >= 0.3 is 5.69 Å². The number of hydrogen-bond acceptors (Lipinski definition) is 6. The molecule has 140 valence electrons. The molecule has 1 saturated heterocycles. The van der Waals surface area contributed by atoms with Crippen LogP contribution in [0, 0.1) is 0 Å². The van der Waals surface area contributed by atoms with Crippen molar-refractivity contribution in [3.8, 4) is 0 Å². The first-order valence-corrected chi connectivity index (χ1v) is 11.1. The first-order valence-electron chi connectivity index (χ1n) is 8.14. The van der Waals surface area contributed by atoms with Crippen molar-refractivity contribution in [1.29, 1.82) is 0 Å². The Morgan fingerprint density at radius 1 is 1.28 bits per heavy atom. The molecule has 1 unspecified atom stereocenters. The highest BCUT2D eigenvalue weighted by molar-refractivity contribution is 6.74. The van der Waals surface area contributed by atoms with E-state index in [1.54, 1.807) is 0 Å². The molecule has 1 N–H and O–H groups in total. The number of aromatic nitrogens is 2. The quantitative estimate of drug-likeness (QED) is 0.614. The third kappa shape index (κ3) is 3.84. The van der Waals surface area contributed by atoms with Crippen molar-refractivity contribution in [2.75, 3.05) is 7.11 Å². The molecular weight excluding hydrogens is 344 g/mol. The summed E-state index contributed by atoms with van der Waals surface area (Å²) in [7, 11) is -0.724. The molecule has 25 heavy (non-hydrogen) atoms. The first-order chi connectivity index (χ1) is 11.5. The Bertz CT molecular complexity index is 735.